The minimum Gasteiger partial charge on any atom is -0.497 e. The van der Waals surface area contributed by atoms with E-state index in [-0.39, 0.29) is 11.8 Å². The molecular weight excluding hydrogens is 352 g/mol. The summed E-state index contributed by atoms with van der Waals surface area (Å²) in [6.45, 7) is 2.22. The smallest absolute Gasteiger partial charge is 0.254 e. The number of aromatic nitrogens is 3. The maximum atomic E-state index is 13.0. The van der Waals surface area contributed by atoms with Crippen LogP contribution < -0.4 is 4.74 Å². The minimum atomic E-state index is 0.0517. The molecule has 1 aliphatic rings. The quantitative estimate of drug-likeness (QED) is 0.685. The number of pyridine rings is 1. The van der Waals surface area contributed by atoms with Crippen LogP contribution in [0.25, 0.3) is 0 Å². The van der Waals surface area contributed by atoms with Gasteiger partial charge in [0.25, 0.3) is 5.91 Å². The maximum absolute atomic E-state index is 13.0. The summed E-state index contributed by atoms with van der Waals surface area (Å²) in [7, 11) is 1.61. The highest BCUT2D eigenvalue weighted by Crippen LogP contribution is 2.27. The van der Waals surface area contributed by atoms with Crippen LogP contribution in [0.1, 0.15) is 40.5 Å². The van der Waals surface area contributed by atoms with E-state index >= 15 is 0 Å². The Labute approximate surface area is 164 Å². The number of carbonyl (C=O) groups excluding carboxylic acids is 1. The van der Waals surface area contributed by atoms with E-state index in [1.54, 1.807) is 25.6 Å². The van der Waals surface area contributed by atoms with Crippen molar-refractivity contribution in [2.24, 2.45) is 0 Å². The molecule has 1 fully saturated rings. The number of amides is 1. The van der Waals surface area contributed by atoms with Gasteiger partial charge in [0.1, 0.15) is 11.6 Å². The van der Waals surface area contributed by atoms with Crippen LogP contribution >= 0.6 is 0 Å². The first kappa shape index (κ1) is 18.2. The normalized spacial score (nSPS) is 16.8. The molecule has 0 saturated carbocycles. The molecule has 0 radical (unpaired) electrons. The SMILES string of the molecule is COc1cccc(C(=O)N2CCC[C@@H](c3nccn3Cc3ccncc3)C2)c1. The Bertz CT molecular complexity index is 938. The monoisotopic (exact) mass is 376 g/mol. The van der Waals surface area contributed by atoms with Crippen molar-refractivity contribution in [1.29, 1.82) is 0 Å². The van der Waals surface area contributed by atoms with Crippen molar-refractivity contribution in [2.45, 2.75) is 25.3 Å². The van der Waals surface area contributed by atoms with Gasteiger partial charge in [-0.05, 0) is 48.7 Å². The highest BCUT2D eigenvalue weighted by Gasteiger charge is 2.28. The number of nitrogens with zero attached hydrogens (tertiary/aromatic N) is 4. The van der Waals surface area contributed by atoms with Gasteiger partial charge in [-0.1, -0.05) is 6.07 Å². The Morgan fingerprint density at radius 1 is 1.21 bits per heavy atom. The number of rotatable bonds is 5. The van der Waals surface area contributed by atoms with Crippen LogP contribution in [0.4, 0.5) is 0 Å². The third-order valence-electron chi connectivity index (χ3n) is 5.24. The van der Waals surface area contributed by atoms with Crippen LogP contribution in [-0.4, -0.2) is 45.5 Å². The van der Waals surface area contributed by atoms with Gasteiger partial charge >= 0.3 is 0 Å². The number of piperidine rings is 1. The lowest BCUT2D eigenvalue weighted by molar-refractivity contribution is 0.0703. The van der Waals surface area contributed by atoms with Crippen LogP contribution in [-0.2, 0) is 6.54 Å². The maximum Gasteiger partial charge on any atom is 0.254 e. The second-order valence-electron chi connectivity index (χ2n) is 7.09. The highest BCUT2D eigenvalue weighted by atomic mass is 16.5. The number of carbonyl (C=O) groups is 1. The summed E-state index contributed by atoms with van der Waals surface area (Å²) in [4.78, 5) is 23.6. The lowest BCUT2D eigenvalue weighted by Gasteiger charge is -2.33. The average Bonchev–Trinajstić information content (AvgIpc) is 3.22. The van der Waals surface area contributed by atoms with E-state index in [0.29, 0.717) is 17.9 Å². The zero-order chi connectivity index (χ0) is 19.3. The molecule has 0 unspecified atom stereocenters. The summed E-state index contributed by atoms with van der Waals surface area (Å²) in [5.41, 5.74) is 1.86. The topological polar surface area (TPSA) is 60.2 Å². The molecule has 1 atom stereocenters. The van der Waals surface area contributed by atoms with E-state index in [2.05, 4.69) is 14.5 Å². The van der Waals surface area contributed by atoms with Gasteiger partial charge in [0, 0.05) is 55.9 Å². The van der Waals surface area contributed by atoms with Crippen molar-refractivity contribution in [2.75, 3.05) is 20.2 Å². The molecular formula is C22H24N4O2. The van der Waals surface area contributed by atoms with Gasteiger partial charge in [0.15, 0.2) is 0 Å². The van der Waals surface area contributed by atoms with Gasteiger partial charge in [-0.25, -0.2) is 4.98 Å². The Hall–Kier alpha value is -3.15. The van der Waals surface area contributed by atoms with E-state index < -0.39 is 0 Å². The summed E-state index contributed by atoms with van der Waals surface area (Å²) in [5, 5.41) is 0. The second kappa shape index (κ2) is 8.25. The van der Waals surface area contributed by atoms with E-state index in [1.807, 2.05) is 47.6 Å². The number of benzene rings is 1. The van der Waals surface area contributed by atoms with Crippen molar-refractivity contribution >= 4 is 5.91 Å². The molecule has 144 valence electrons. The minimum absolute atomic E-state index is 0.0517. The molecule has 0 aliphatic carbocycles. The first-order valence-electron chi connectivity index (χ1n) is 9.58. The van der Waals surface area contributed by atoms with Crippen LogP contribution in [0.15, 0.2) is 61.2 Å². The van der Waals surface area contributed by atoms with Gasteiger partial charge in [-0.15, -0.1) is 0 Å². The van der Waals surface area contributed by atoms with Crippen molar-refractivity contribution in [3.05, 3.63) is 78.1 Å². The third kappa shape index (κ3) is 3.91. The zero-order valence-electron chi connectivity index (χ0n) is 16.0. The number of imidazole rings is 1. The van der Waals surface area contributed by atoms with Crippen molar-refractivity contribution in [3.63, 3.8) is 0 Å². The van der Waals surface area contributed by atoms with Crippen LogP contribution in [0.3, 0.4) is 0 Å². The summed E-state index contributed by atoms with van der Waals surface area (Å²) in [5.74, 6) is 2.03. The fraction of sp³-hybridized carbons (Fsp3) is 0.318. The number of likely N-dealkylation sites (tertiary alicyclic amines) is 1. The number of methoxy groups -OCH3 is 1. The first-order valence-corrected chi connectivity index (χ1v) is 9.58. The summed E-state index contributed by atoms with van der Waals surface area (Å²) < 4.78 is 7.44. The number of hydrogen-bond donors (Lipinski definition) is 0. The van der Waals surface area contributed by atoms with E-state index in [0.717, 1.165) is 31.8 Å². The first-order chi connectivity index (χ1) is 13.7. The average molecular weight is 376 g/mol. The zero-order valence-corrected chi connectivity index (χ0v) is 16.0. The van der Waals surface area contributed by atoms with Gasteiger partial charge < -0.3 is 14.2 Å². The second-order valence-corrected chi connectivity index (χ2v) is 7.09. The molecule has 1 aliphatic heterocycles. The van der Waals surface area contributed by atoms with Crippen LogP contribution in [0.5, 0.6) is 5.75 Å². The summed E-state index contributed by atoms with van der Waals surface area (Å²) in [6.07, 6.45) is 9.48. The number of ether oxygens (including phenoxy) is 1. The van der Waals surface area contributed by atoms with Crippen molar-refractivity contribution < 1.29 is 9.53 Å². The van der Waals surface area contributed by atoms with Crippen molar-refractivity contribution in [3.8, 4) is 5.75 Å². The summed E-state index contributed by atoms with van der Waals surface area (Å²) in [6, 6.07) is 11.4. The third-order valence-corrected chi connectivity index (χ3v) is 5.24. The predicted octanol–water partition coefficient (Wildman–Crippen LogP) is 3.35. The fourth-order valence-corrected chi connectivity index (χ4v) is 3.81. The molecule has 0 N–H and O–H groups in total. The fourth-order valence-electron chi connectivity index (χ4n) is 3.81. The molecule has 3 aromatic rings. The van der Waals surface area contributed by atoms with E-state index in [4.69, 9.17) is 4.74 Å². The highest BCUT2D eigenvalue weighted by molar-refractivity contribution is 5.94. The molecule has 4 rings (SSSR count). The Balaban J connectivity index is 1.50. The lowest BCUT2D eigenvalue weighted by Crippen LogP contribution is -2.39. The molecule has 0 spiro atoms. The summed E-state index contributed by atoms with van der Waals surface area (Å²) >= 11 is 0. The van der Waals surface area contributed by atoms with Gasteiger partial charge in [-0.3, -0.25) is 9.78 Å². The Morgan fingerprint density at radius 2 is 2.07 bits per heavy atom. The largest absolute Gasteiger partial charge is 0.497 e. The standard InChI is InChI=1S/C22H24N4O2/c1-28-20-6-2-4-18(14-20)22(27)26-12-3-5-19(16-26)21-24-11-13-25(21)15-17-7-9-23-10-8-17/h2,4,6-11,13-14,19H,3,5,12,15-16H2,1H3/t19-/m1/s1. The molecule has 3 heterocycles. The molecule has 1 saturated heterocycles. The molecule has 1 aromatic carbocycles. The van der Waals surface area contributed by atoms with Crippen LogP contribution in [0, 0.1) is 0 Å². The molecule has 6 heteroatoms. The molecule has 1 amide bonds. The van der Waals surface area contributed by atoms with E-state index in [1.165, 1.54) is 5.56 Å². The number of hydrogen-bond acceptors (Lipinski definition) is 4. The Kier molecular flexibility index (Phi) is 5.37. The van der Waals surface area contributed by atoms with Crippen molar-refractivity contribution in [1.82, 2.24) is 19.4 Å². The Morgan fingerprint density at radius 3 is 2.89 bits per heavy atom. The molecule has 2 aromatic heterocycles. The van der Waals surface area contributed by atoms with Gasteiger partial charge in [-0.2, -0.15) is 0 Å². The van der Waals surface area contributed by atoms with Gasteiger partial charge in [0.2, 0.25) is 0 Å². The van der Waals surface area contributed by atoms with Crippen LogP contribution in [0.2, 0.25) is 0 Å². The molecule has 28 heavy (non-hydrogen) atoms. The van der Waals surface area contributed by atoms with E-state index in [9.17, 15) is 4.79 Å². The molecule has 0 bridgehead atoms. The molecule has 6 nitrogen and oxygen atoms in total. The van der Waals surface area contributed by atoms with Gasteiger partial charge in [0.05, 0.1) is 7.11 Å². The lowest BCUT2D eigenvalue weighted by atomic mass is 9.96. The predicted molar refractivity (Wildman–Crippen MR) is 106 cm³/mol.